The highest BCUT2D eigenvalue weighted by Crippen LogP contribution is 2.36. The first-order valence-electron chi connectivity index (χ1n) is 9.92. The minimum atomic E-state index is -4.72. The summed E-state index contributed by atoms with van der Waals surface area (Å²) in [6, 6.07) is 10.1. The van der Waals surface area contributed by atoms with E-state index in [1.807, 2.05) is 0 Å². The number of hydrogen-bond acceptors (Lipinski definition) is 10. The third-order valence-electron chi connectivity index (χ3n) is 4.44. The van der Waals surface area contributed by atoms with Crippen molar-refractivity contribution < 1.29 is 35.5 Å². The second-order valence-electron chi connectivity index (χ2n) is 7.16. The number of halogens is 3. The average molecular weight is 541 g/mol. The highest BCUT2D eigenvalue weighted by atomic mass is 32.2. The van der Waals surface area contributed by atoms with Crippen LogP contribution >= 0.6 is 11.8 Å². The van der Waals surface area contributed by atoms with Crippen LogP contribution in [0, 0.1) is 0 Å². The number of allylic oxidation sites excluding steroid dienone is 1. The Morgan fingerprint density at radius 2 is 1.92 bits per heavy atom. The van der Waals surface area contributed by atoms with Crippen LogP contribution in [0.25, 0.3) is 11.5 Å². The van der Waals surface area contributed by atoms with Crippen molar-refractivity contribution in [3.05, 3.63) is 71.8 Å². The number of carbonyl (C=O) groups is 1. The van der Waals surface area contributed by atoms with Crippen molar-refractivity contribution in [2.24, 2.45) is 10.7 Å². The SMILES string of the molecule is CSCOC(=O)C(N)=CC(=Nc1ccccc1C(F)(F)F)c1nnc(-c2cccc(S(C)(=O)=O)c2)o1. The van der Waals surface area contributed by atoms with Crippen LogP contribution in [0.3, 0.4) is 0 Å². The molecule has 2 N–H and O–H groups in total. The van der Waals surface area contributed by atoms with Crippen LogP contribution in [0.1, 0.15) is 11.5 Å². The molecule has 1 heterocycles. The summed E-state index contributed by atoms with van der Waals surface area (Å²) in [4.78, 5) is 16.1. The lowest BCUT2D eigenvalue weighted by Gasteiger charge is -2.10. The van der Waals surface area contributed by atoms with Crippen molar-refractivity contribution in [3.8, 4) is 11.5 Å². The number of thioether (sulfide) groups is 1. The third kappa shape index (κ3) is 6.73. The topological polar surface area (TPSA) is 138 Å². The highest BCUT2D eigenvalue weighted by Gasteiger charge is 2.33. The molecular formula is C22H19F3N4O5S2. The van der Waals surface area contributed by atoms with Gasteiger partial charge in [-0.1, -0.05) is 18.2 Å². The molecule has 0 saturated carbocycles. The fourth-order valence-corrected chi connectivity index (χ4v) is 3.68. The minimum absolute atomic E-state index is 0.00185. The fourth-order valence-electron chi connectivity index (χ4n) is 2.79. The third-order valence-corrected chi connectivity index (χ3v) is 5.90. The number of nitrogens with zero attached hydrogens (tertiary/aromatic N) is 3. The van der Waals surface area contributed by atoms with E-state index < -0.39 is 38.9 Å². The maximum Gasteiger partial charge on any atom is 0.418 e. The number of alkyl halides is 3. The molecule has 9 nitrogen and oxygen atoms in total. The van der Waals surface area contributed by atoms with E-state index in [9.17, 15) is 26.4 Å². The summed E-state index contributed by atoms with van der Waals surface area (Å²) in [5, 5.41) is 7.65. The largest absolute Gasteiger partial charge is 0.450 e. The van der Waals surface area contributed by atoms with E-state index in [4.69, 9.17) is 14.9 Å². The molecule has 36 heavy (non-hydrogen) atoms. The Morgan fingerprint density at radius 1 is 1.19 bits per heavy atom. The molecule has 0 aliphatic rings. The molecule has 0 aliphatic carbocycles. The molecule has 0 spiro atoms. The summed E-state index contributed by atoms with van der Waals surface area (Å²) < 4.78 is 74.7. The van der Waals surface area contributed by atoms with Crippen molar-refractivity contribution in [3.63, 3.8) is 0 Å². The summed E-state index contributed by atoms with van der Waals surface area (Å²) in [7, 11) is -3.53. The number of benzene rings is 2. The molecule has 3 rings (SSSR count). The molecule has 0 fully saturated rings. The van der Waals surface area contributed by atoms with Gasteiger partial charge in [0, 0.05) is 11.8 Å². The zero-order chi connectivity index (χ0) is 26.5. The van der Waals surface area contributed by atoms with E-state index in [2.05, 4.69) is 15.2 Å². The summed E-state index contributed by atoms with van der Waals surface area (Å²) in [5.41, 5.74) is 3.68. The van der Waals surface area contributed by atoms with Crippen molar-refractivity contribution in [2.75, 3.05) is 18.5 Å². The quantitative estimate of drug-likeness (QED) is 0.195. The predicted molar refractivity (Wildman–Crippen MR) is 127 cm³/mol. The van der Waals surface area contributed by atoms with Crippen molar-refractivity contribution in [1.82, 2.24) is 10.2 Å². The summed E-state index contributed by atoms with van der Waals surface area (Å²) in [6.07, 6.45) is -1.05. The van der Waals surface area contributed by atoms with E-state index >= 15 is 0 Å². The monoisotopic (exact) mass is 540 g/mol. The van der Waals surface area contributed by atoms with Gasteiger partial charge in [0.25, 0.3) is 5.89 Å². The number of hydrogen-bond donors (Lipinski definition) is 1. The van der Waals surface area contributed by atoms with Gasteiger partial charge in [0.15, 0.2) is 9.84 Å². The lowest BCUT2D eigenvalue weighted by Crippen LogP contribution is -2.17. The first kappa shape index (κ1) is 26.9. The second kappa shape index (κ2) is 11.0. The minimum Gasteiger partial charge on any atom is -0.450 e. The lowest BCUT2D eigenvalue weighted by molar-refractivity contribution is -0.137. The van der Waals surface area contributed by atoms with Crippen molar-refractivity contribution in [1.29, 1.82) is 0 Å². The zero-order valence-corrected chi connectivity index (χ0v) is 20.4. The Morgan fingerprint density at radius 3 is 2.58 bits per heavy atom. The van der Waals surface area contributed by atoms with Gasteiger partial charge in [-0.05, 0) is 42.7 Å². The molecule has 190 valence electrons. The molecule has 1 aromatic heterocycles. The molecular weight excluding hydrogens is 521 g/mol. The second-order valence-corrected chi connectivity index (χ2v) is 9.99. The van der Waals surface area contributed by atoms with Crippen molar-refractivity contribution >= 4 is 39.0 Å². The van der Waals surface area contributed by atoms with Gasteiger partial charge in [0.1, 0.15) is 17.3 Å². The number of aromatic nitrogens is 2. The highest BCUT2D eigenvalue weighted by molar-refractivity contribution is 7.98. The lowest BCUT2D eigenvalue weighted by atomic mass is 10.1. The normalized spacial score (nSPS) is 13.0. The standard InChI is InChI=1S/C22H19F3N4O5S2/c1-35-12-33-21(30)16(26)11-18(27-17-9-4-3-8-15(17)22(23,24)25)20-29-28-19(34-20)13-6-5-7-14(10-13)36(2,31)32/h3-11H,12,26H2,1-2H3. The number of esters is 1. The van der Waals surface area contributed by atoms with E-state index in [-0.39, 0.29) is 33.9 Å². The predicted octanol–water partition coefficient (Wildman–Crippen LogP) is 3.99. The Bertz CT molecular complexity index is 1430. The zero-order valence-electron chi connectivity index (χ0n) is 18.8. The Balaban J connectivity index is 2.12. The summed E-state index contributed by atoms with van der Waals surface area (Å²) in [6.45, 7) is 0. The van der Waals surface area contributed by atoms with Gasteiger partial charge < -0.3 is 14.9 Å². The number of sulfone groups is 1. The number of ether oxygens (including phenoxy) is 1. The van der Waals surface area contributed by atoms with E-state index in [0.717, 1.165) is 24.5 Å². The van der Waals surface area contributed by atoms with Crippen LogP contribution in [-0.2, 0) is 25.5 Å². The number of para-hydroxylation sites is 1. The van der Waals surface area contributed by atoms with Gasteiger partial charge in [0.05, 0.1) is 16.1 Å². The van der Waals surface area contributed by atoms with E-state index in [0.29, 0.717) is 0 Å². The molecule has 0 unspecified atom stereocenters. The Kier molecular flexibility index (Phi) is 8.20. The molecule has 0 radical (unpaired) electrons. The molecule has 3 aromatic rings. The van der Waals surface area contributed by atoms with Crippen LogP contribution in [0.5, 0.6) is 0 Å². The number of aliphatic imine (C=N–C) groups is 1. The Hall–Kier alpha value is -3.65. The van der Waals surface area contributed by atoms with Crippen LogP contribution < -0.4 is 5.73 Å². The van der Waals surface area contributed by atoms with Crippen LogP contribution in [-0.4, -0.2) is 48.7 Å². The molecule has 0 saturated heterocycles. The molecule has 14 heteroatoms. The van der Waals surface area contributed by atoms with Crippen LogP contribution in [0.2, 0.25) is 0 Å². The number of rotatable bonds is 8. The summed E-state index contributed by atoms with van der Waals surface area (Å²) in [5.74, 6) is -1.43. The van der Waals surface area contributed by atoms with Gasteiger partial charge in [-0.15, -0.1) is 22.0 Å². The van der Waals surface area contributed by atoms with Crippen molar-refractivity contribution in [2.45, 2.75) is 11.1 Å². The van der Waals surface area contributed by atoms with Gasteiger partial charge in [0.2, 0.25) is 5.89 Å². The van der Waals surface area contributed by atoms with Crippen LogP contribution in [0.15, 0.2) is 74.6 Å². The Labute approximate surface area is 208 Å². The first-order chi connectivity index (χ1) is 16.9. The van der Waals surface area contributed by atoms with Gasteiger partial charge in [-0.25, -0.2) is 18.2 Å². The molecule has 0 amide bonds. The molecule has 2 aromatic carbocycles. The summed E-state index contributed by atoms with van der Waals surface area (Å²) >= 11 is 1.21. The maximum atomic E-state index is 13.5. The molecule has 0 aliphatic heterocycles. The average Bonchev–Trinajstić information content (AvgIpc) is 3.31. The smallest absolute Gasteiger partial charge is 0.418 e. The maximum absolute atomic E-state index is 13.5. The first-order valence-corrected chi connectivity index (χ1v) is 13.2. The number of nitrogens with two attached hydrogens (primary N) is 1. The van der Waals surface area contributed by atoms with Gasteiger partial charge in [-0.3, -0.25) is 0 Å². The van der Waals surface area contributed by atoms with Gasteiger partial charge >= 0.3 is 12.1 Å². The number of carbonyl (C=O) groups excluding carboxylic acids is 1. The molecule has 0 bridgehead atoms. The van der Waals surface area contributed by atoms with Crippen LogP contribution in [0.4, 0.5) is 18.9 Å². The van der Waals surface area contributed by atoms with Gasteiger partial charge in [-0.2, -0.15) is 13.2 Å². The van der Waals surface area contributed by atoms with E-state index in [1.165, 1.54) is 48.2 Å². The molecule has 0 atom stereocenters. The van der Waals surface area contributed by atoms with E-state index in [1.54, 1.807) is 6.26 Å². The fraction of sp³-hybridized carbons (Fsp3) is 0.182.